The Labute approximate surface area is 327 Å². The number of esters is 5. The van der Waals surface area contributed by atoms with Crippen LogP contribution < -0.4 is 0 Å². The molecular formula is C37H63BrO16. The van der Waals surface area contributed by atoms with Crippen LogP contribution in [0.5, 0.6) is 0 Å². The number of aliphatic hydroxyl groups excluding tert-OH is 1. The number of rotatable bonds is 31. The maximum atomic E-state index is 13.0. The highest BCUT2D eigenvalue weighted by atomic mass is 79.9. The van der Waals surface area contributed by atoms with Crippen LogP contribution in [0.15, 0.2) is 0 Å². The highest BCUT2D eigenvalue weighted by Crippen LogP contribution is 2.51. The van der Waals surface area contributed by atoms with E-state index in [0.29, 0.717) is 6.42 Å². The van der Waals surface area contributed by atoms with Gasteiger partial charge in [0, 0.05) is 41.3 Å². The summed E-state index contributed by atoms with van der Waals surface area (Å²) in [5.74, 6) is -4.26. The minimum atomic E-state index is -2.41. The molecule has 17 heteroatoms. The van der Waals surface area contributed by atoms with Crippen molar-refractivity contribution in [3.63, 3.8) is 0 Å². The van der Waals surface area contributed by atoms with Gasteiger partial charge < -0.3 is 52.5 Å². The summed E-state index contributed by atoms with van der Waals surface area (Å²) in [6, 6.07) is 0. The Hall–Kier alpha value is -2.41. The second kappa shape index (κ2) is 28.9. The van der Waals surface area contributed by atoms with Crippen LogP contribution in [-0.2, 0) is 71.3 Å². The van der Waals surface area contributed by atoms with E-state index in [1.165, 1.54) is 86.2 Å². The van der Waals surface area contributed by atoms with Gasteiger partial charge in [-0.2, -0.15) is 0 Å². The first-order valence-electron chi connectivity index (χ1n) is 18.9. The molecule has 0 aliphatic carbocycles. The molecule has 314 valence electrons. The monoisotopic (exact) mass is 842 g/mol. The smallest absolute Gasteiger partial charge is 0.333 e. The molecule has 0 amide bonds. The number of aliphatic hydroxyl groups is 1. The summed E-state index contributed by atoms with van der Waals surface area (Å²) < 4.78 is 50.7. The first kappa shape index (κ1) is 49.6. The zero-order chi connectivity index (χ0) is 40.2. The normalized spacial score (nSPS) is 22.3. The van der Waals surface area contributed by atoms with Crippen molar-refractivity contribution in [2.45, 2.75) is 138 Å². The third-order valence-electron chi connectivity index (χ3n) is 8.70. The zero-order valence-corrected chi connectivity index (χ0v) is 34.3. The number of ether oxygens (including phenoxy) is 10. The molecule has 0 radical (unpaired) electrons. The lowest BCUT2D eigenvalue weighted by Gasteiger charge is -2.54. The first-order chi connectivity index (χ1) is 25.9. The van der Waals surface area contributed by atoms with E-state index >= 15 is 0 Å². The van der Waals surface area contributed by atoms with Crippen molar-refractivity contribution in [3.05, 3.63) is 0 Å². The maximum Gasteiger partial charge on any atom is 0.333 e. The summed E-state index contributed by atoms with van der Waals surface area (Å²) in [6.45, 7) is -0.757. The van der Waals surface area contributed by atoms with Crippen LogP contribution in [-0.4, -0.2) is 132 Å². The van der Waals surface area contributed by atoms with E-state index in [4.69, 9.17) is 47.4 Å². The van der Waals surface area contributed by atoms with Crippen molar-refractivity contribution in [2.75, 3.05) is 68.1 Å². The van der Waals surface area contributed by atoms with Crippen LogP contribution in [0.4, 0.5) is 0 Å². The molecule has 54 heavy (non-hydrogen) atoms. The lowest BCUT2D eigenvalue weighted by molar-refractivity contribution is -0.345. The lowest BCUT2D eigenvalue weighted by Crippen LogP contribution is -2.75. The Balaban J connectivity index is 3.05. The number of unbranched alkanes of at least 4 members (excludes halogenated alkanes) is 12. The molecule has 0 aromatic heterocycles. The molecule has 1 aliphatic heterocycles. The largest absolute Gasteiger partial charge is 0.466 e. The van der Waals surface area contributed by atoms with Gasteiger partial charge in [-0.1, -0.05) is 84.0 Å². The molecule has 5 atom stereocenters. The van der Waals surface area contributed by atoms with Crippen LogP contribution in [0, 0.1) is 0 Å². The molecule has 0 aromatic rings. The fourth-order valence-corrected chi connectivity index (χ4v) is 7.10. The maximum absolute atomic E-state index is 13.0. The van der Waals surface area contributed by atoms with Crippen molar-refractivity contribution in [2.24, 2.45) is 0 Å². The van der Waals surface area contributed by atoms with E-state index in [9.17, 15) is 29.1 Å². The van der Waals surface area contributed by atoms with Crippen molar-refractivity contribution in [3.8, 4) is 0 Å². The van der Waals surface area contributed by atoms with Crippen molar-refractivity contribution < 1.29 is 76.4 Å². The van der Waals surface area contributed by atoms with Crippen molar-refractivity contribution in [1.29, 1.82) is 0 Å². The molecule has 1 rings (SSSR count). The summed E-state index contributed by atoms with van der Waals surface area (Å²) in [6.07, 6.45) is 9.74. The standard InChI is InChI=1S/C37H63BrO16/c1-6-7-8-9-10-11-12-13-14-15-16-17-18-20-29(39)49-22-19-21-36(53-32(42)26-47-4)35(44)51-28(23-50-30(40)24-45-2)34(52-31(41)25-46-3)37(36,38)54-33(43)27-48-5/h28,34-35,44H,6-27H2,1-5H3/t28-,34+,35+,36-,37+/m1/s1. The number of halogens is 1. The lowest BCUT2D eigenvalue weighted by atomic mass is 9.82. The van der Waals surface area contributed by atoms with Crippen LogP contribution in [0.2, 0.25) is 0 Å². The van der Waals surface area contributed by atoms with Gasteiger partial charge in [0.25, 0.3) is 0 Å². The Morgan fingerprint density at radius 2 is 1.09 bits per heavy atom. The van der Waals surface area contributed by atoms with E-state index in [2.05, 4.69) is 22.9 Å². The fourth-order valence-electron chi connectivity index (χ4n) is 6.05. The van der Waals surface area contributed by atoms with Crippen LogP contribution in [0.1, 0.15) is 110 Å². The Bertz CT molecular complexity index is 1090. The molecule has 1 fully saturated rings. The number of hydrogen-bond donors (Lipinski definition) is 1. The molecule has 0 bridgehead atoms. The molecule has 0 aromatic carbocycles. The average Bonchev–Trinajstić information content (AvgIpc) is 3.12. The quantitative estimate of drug-likeness (QED) is 0.0444. The van der Waals surface area contributed by atoms with Gasteiger partial charge in [0.2, 0.25) is 16.4 Å². The predicted molar refractivity (Wildman–Crippen MR) is 196 cm³/mol. The molecule has 1 heterocycles. The molecule has 16 nitrogen and oxygen atoms in total. The number of hydrogen-bond acceptors (Lipinski definition) is 16. The minimum Gasteiger partial charge on any atom is -0.466 e. The van der Waals surface area contributed by atoms with Gasteiger partial charge in [-0.15, -0.1) is 0 Å². The number of methoxy groups -OCH3 is 4. The molecular weight excluding hydrogens is 780 g/mol. The molecule has 1 N–H and O–H groups in total. The van der Waals surface area contributed by atoms with Gasteiger partial charge >= 0.3 is 29.8 Å². The van der Waals surface area contributed by atoms with E-state index < -0.39 is 91.5 Å². The number of carbonyl (C=O) groups excluding carboxylic acids is 5. The molecule has 0 unspecified atom stereocenters. The van der Waals surface area contributed by atoms with Gasteiger partial charge in [-0.3, -0.25) is 4.79 Å². The predicted octanol–water partition coefficient (Wildman–Crippen LogP) is 4.47. The third-order valence-corrected chi connectivity index (χ3v) is 9.98. The van der Waals surface area contributed by atoms with Gasteiger partial charge in [-0.05, 0) is 28.8 Å². The Morgan fingerprint density at radius 3 is 1.63 bits per heavy atom. The minimum absolute atomic E-state index is 0.0492. The molecule has 1 saturated heterocycles. The highest BCUT2D eigenvalue weighted by molar-refractivity contribution is 9.10. The van der Waals surface area contributed by atoms with Crippen LogP contribution >= 0.6 is 15.9 Å². The number of carbonyl (C=O) groups is 5. The summed E-state index contributed by atoms with van der Waals surface area (Å²) in [7, 11) is 4.98. The summed E-state index contributed by atoms with van der Waals surface area (Å²) in [5, 5.41) is 11.6. The van der Waals surface area contributed by atoms with Gasteiger partial charge in [0.15, 0.2) is 6.10 Å². The van der Waals surface area contributed by atoms with Gasteiger partial charge in [-0.25, -0.2) is 19.2 Å². The van der Waals surface area contributed by atoms with Gasteiger partial charge in [0.05, 0.1) is 6.61 Å². The molecule has 1 aliphatic rings. The third kappa shape index (κ3) is 18.0. The second-order valence-electron chi connectivity index (χ2n) is 13.2. The van der Waals surface area contributed by atoms with E-state index in [1.54, 1.807) is 0 Å². The Morgan fingerprint density at radius 1 is 0.611 bits per heavy atom. The van der Waals surface area contributed by atoms with Crippen LogP contribution in [0.25, 0.3) is 0 Å². The molecule has 0 saturated carbocycles. The average molecular weight is 844 g/mol. The summed E-state index contributed by atoms with van der Waals surface area (Å²) in [4.78, 5) is 63.6. The SMILES string of the molecule is CCCCCCCCCCCCCCCC(=O)OCCC[C@@]1(OC(=O)COC)[C@@H](O)O[C@H](COC(=O)COC)[C@H](OC(=O)COC)[C@]1(Br)OC(=O)COC. The van der Waals surface area contributed by atoms with Gasteiger partial charge in [0.1, 0.15) is 39.1 Å². The fraction of sp³-hybridized carbons (Fsp3) is 0.865. The van der Waals surface area contributed by atoms with E-state index in [0.717, 1.165) is 19.3 Å². The summed E-state index contributed by atoms with van der Waals surface area (Å²) >= 11 is 3.35. The second-order valence-corrected chi connectivity index (χ2v) is 14.3. The van der Waals surface area contributed by atoms with E-state index in [1.807, 2.05) is 0 Å². The van der Waals surface area contributed by atoms with Crippen molar-refractivity contribution in [1.82, 2.24) is 0 Å². The zero-order valence-electron chi connectivity index (χ0n) is 32.7. The Kier molecular flexibility index (Phi) is 26.6. The molecule has 0 spiro atoms. The summed E-state index contributed by atoms with van der Waals surface area (Å²) in [5.41, 5.74) is -2.36. The topological polar surface area (TPSA) is 198 Å². The first-order valence-corrected chi connectivity index (χ1v) is 19.7. The van der Waals surface area contributed by atoms with Crippen molar-refractivity contribution >= 4 is 45.8 Å². The van der Waals surface area contributed by atoms with Crippen LogP contribution in [0.3, 0.4) is 0 Å². The highest BCUT2D eigenvalue weighted by Gasteiger charge is 2.71. The number of alkyl halides is 1. The van der Waals surface area contributed by atoms with E-state index in [-0.39, 0.29) is 25.9 Å².